The van der Waals surface area contributed by atoms with E-state index in [-0.39, 0.29) is 21.9 Å². The van der Waals surface area contributed by atoms with Crippen molar-refractivity contribution in [2.75, 3.05) is 0 Å². The van der Waals surface area contributed by atoms with Crippen LogP contribution in [0.4, 0.5) is 0 Å². The summed E-state index contributed by atoms with van der Waals surface area (Å²) in [7, 11) is -7.25. The summed E-state index contributed by atoms with van der Waals surface area (Å²) < 4.78 is 55.6. The molecule has 2 atom stereocenters. The molecule has 8 heteroatoms. The Labute approximate surface area is 156 Å². The molecule has 26 heavy (non-hydrogen) atoms. The van der Waals surface area contributed by atoms with Crippen LogP contribution in [0.2, 0.25) is 0 Å². The molecule has 6 nitrogen and oxygen atoms in total. The van der Waals surface area contributed by atoms with E-state index < -0.39 is 20.0 Å². The fourth-order valence-corrected chi connectivity index (χ4v) is 6.57. The fraction of sp³-hybridized carbons (Fsp3) is 0.667. The Balaban J connectivity index is 1.71. The quantitative estimate of drug-likeness (QED) is 0.768. The van der Waals surface area contributed by atoms with Crippen LogP contribution in [0.15, 0.2) is 34.1 Å². The highest BCUT2D eigenvalue weighted by atomic mass is 32.2. The first-order chi connectivity index (χ1) is 12.3. The Bertz CT molecular complexity index is 813. The normalized spacial score (nSPS) is 25.4. The molecule has 2 N–H and O–H groups in total. The van der Waals surface area contributed by atoms with E-state index >= 15 is 0 Å². The van der Waals surface area contributed by atoms with Gasteiger partial charge in [-0.15, -0.1) is 0 Å². The molecule has 146 valence electrons. The van der Waals surface area contributed by atoms with Crippen LogP contribution >= 0.6 is 0 Å². The zero-order valence-electron chi connectivity index (χ0n) is 15.1. The van der Waals surface area contributed by atoms with Gasteiger partial charge >= 0.3 is 0 Å². The number of sulfonamides is 2. The maximum atomic E-state index is 12.6. The summed E-state index contributed by atoms with van der Waals surface area (Å²) in [5, 5.41) is 0. The largest absolute Gasteiger partial charge is 0.240 e. The molecular formula is C18H28N2O4S2. The Morgan fingerprint density at radius 1 is 0.731 bits per heavy atom. The van der Waals surface area contributed by atoms with E-state index in [1.165, 1.54) is 24.3 Å². The number of nitrogens with one attached hydrogen (secondary N) is 2. The second kappa shape index (κ2) is 7.96. The summed E-state index contributed by atoms with van der Waals surface area (Å²) >= 11 is 0. The molecule has 0 radical (unpaired) electrons. The molecule has 2 saturated carbocycles. The lowest BCUT2D eigenvalue weighted by Gasteiger charge is -2.29. The van der Waals surface area contributed by atoms with Crippen LogP contribution < -0.4 is 9.44 Å². The third kappa shape index (κ3) is 4.65. The highest BCUT2D eigenvalue weighted by Crippen LogP contribution is 2.26. The van der Waals surface area contributed by atoms with Gasteiger partial charge in [-0.05, 0) is 55.9 Å². The third-order valence-electron chi connectivity index (χ3n) is 5.54. The van der Waals surface area contributed by atoms with E-state index in [0.717, 1.165) is 51.4 Å². The minimum absolute atomic E-state index is 0.0159. The molecule has 0 bridgehead atoms. The second-order valence-electron chi connectivity index (χ2n) is 7.56. The summed E-state index contributed by atoms with van der Waals surface area (Å²) in [4.78, 5) is 0.212. The number of hydrogen-bond acceptors (Lipinski definition) is 4. The average molecular weight is 401 g/mol. The Hall–Kier alpha value is -0.960. The predicted molar refractivity (Wildman–Crippen MR) is 101 cm³/mol. The lowest BCUT2D eigenvalue weighted by molar-refractivity contribution is 0.310. The van der Waals surface area contributed by atoms with Gasteiger partial charge in [0.2, 0.25) is 20.0 Å². The molecule has 0 aliphatic heterocycles. The number of rotatable bonds is 6. The molecule has 0 aromatic heterocycles. The van der Waals surface area contributed by atoms with Gasteiger partial charge in [-0.3, -0.25) is 0 Å². The molecule has 1 aromatic rings. The number of hydrogen-bond donors (Lipinski definition) is 2. The monoisotopic (exact) mass is 400 g/mol. The predicted octanol–water partition coefficient (Wildman–Crippen LogP) is 2.76. The van der Waals surface area contributed by atoms with Gasteiger partial charge in [-0.1, -0.05) is 32.6 Å². The molecule has 3 rings (SSSR count). The lowest BCUT2D eigenvalue weighted by atomic mass is 9.87. The van der Waals surface area contributed by atoms with Crippen LogP contribution in [0.5, 0.6) is 0 Å². The second-order valence-corrected chi connectivity index (χ2v) is 11.0. The fourth-order valence-electron chi connectivity index (χ4n) is 3.89. The highest BCUT2D eigenvalue weighted by molar-refractivity contribution is 7.90. The summed E-state index contributed by atoms with van der Waals surface area (Å²) in [5.41, 5.74) is 0. The Kier molecular flexibility index (Phi) is 6.06. The van der Waals surface area contributed by atoms with Crippen LogP contribution in [0.1, 0.15) is 58.3 Å². The number of benzene rings is 1. The van der Waals surface area contributed by atoms with Gasteiger partial charge in [-0.25, -0.2) is 26.3 Å². The van der Waals surface area contributed by atoms with Gasteiger partial charge in [0.05, 0.1) is 9.79 Å². The van der Waals surface area contributed by atoms with Gasteiger partial charge in [0.1, 0.15) is 0 Å². The molecule has 0 spiro atoms. The highest BCUT2D eigenvalue weighted by Gasteiger charge is 2.27. The molecular weight excluding hydrogens is 372 g/mol. The topological polar surface area (TPSA) is 92.3 Å². The van der Waals surface area contributed by atoms with Gasteiger partial charge in [0, 0.05) is 12.1 Å². The smallest absolute Gasteiger partial charge is 0.208 e. The molecule has 2 aliphatic carbocycles. The van der Waals surface area contributed by atoms with Crippen molar-refractivity contribution >= 4 is 20.0 Å². The van der Waals surface area contributed by atoms with E-state index in [0.29, 0.717) is 5.92 Å². The van der Waals surface area contributed by atoms with Crippen LogP contribution in [-0.2, 0) is 20.0 Å². The molecule has 0 amide bonds. The molecule has 2 aliphatic rings. The first-order valence-corrected chi connectivity index (χ1v) is 12.4. The van der Waals surface area contributed by atoms with Crippen molar-refractivity contribution in [1.82, 2.24) is 9.44 Å². The first-order valence-electron chi connectivity index (χ1n) is 9.43. The van der Waals surface area contributed by atoms with Crippen LogP contribution in [0.25, 0.3) is 0 Å². The first kappa shape index (κ1) is 19.8. The van der Waals surface area contributed by atoms with Crippen molar-refractivity contribution in [2.45, 2.75) is 80.2 Å². The van der Waals surface area contributed by atoms with E-state index in [9.17, 15) is 16.8 Å². The van der Waals surface area contributed by atoms with Crippen molar-refractivity contribution in [3.05, 3.63) is 24.3 Å². The van der Waals surface area contributed by atoms with Gasteiger partial charge in [0.25, 0.3) is 0 Å². The van der Waals surface area contributed by atoms with Crippen molar-refractivity contribution < 1.29 is 16.8 Å². The maximum absolute atomic E-state index is 12.6. The SMILES string of the molecule is C[C@@H]1CCCC[C@H]1NS(=O)(=O)c1ccc(S(=O)(=O)NC2CCCC2)cc1. The van der Waals surface area contributed by atoms with Crippen molar-refractivity contribution in [2.24, 2.45) is 5.92 Å². The van der Waals surface area contributed by atoms with Crippen LogP contribution in [0, 0.1) is 5.92 Å². The molecule has 0 heterocycles. The summed E-state index contributed by atoms with van der Waals surface area (Å²) in [6, 6.07) is 5.42. The lowest BCUT2D eigenvalue weighted by Crippen LogP contribution is -2.41. The summed E-state index contributed by atoms with van der Waals surface area (Å²) in [6.45, 7) is 2.07. The zero-order valence-corrected chi connectivity index (χ0v) is 16.8. The average Bonchev–Trinajstić information content (AvgIpc) is 3.09. The van der Waals surface area contributed by atoms with Crippen LogP contribution in [-0.4, -0.2) is 28.9 Å². The summed E-state index contributed by atoms with van der Waals surface area (Å²) in [6.07, 6.45) is 7.83. The zero-order chi connectivity index (χ0) is 18.8. The molecule has 0 unspecified atom stereocenters. The van der Waals surface area contributed by atoms with E-state index in [1.54, 1.807) is 0 Å². The standard InChI is InChI=1S/C18H28N2O4S2/c1-14-6-2-5-9-18(14)20-26(23,24)17-12-10-16(11-13-17)25(21,22)19-15-7-3-4-8-15/h10-15,18-20H,2-9H2,1H3/t14-,18-/m1/s1. The minimum atomic E-state index is -3.64. The van der Waals surface area contributed by atoms with E-state index in [2.05, 4.69) is 16.4 Å². The van der Waals surface area contributed by atoms with Gasteiger partial charge in [-0.2, -0.15) is 0 Å². The van der Waals surface area contributed by atoms with Crippen LogP contribution in [0.3, 0.4) is 0 Å². The molecule has 0 saturated heterocycles. The Morgan fingerprint density at radius 2 is 1.19 bits per heavy atom. The third-order valence-corrected chi connectivity index (χ3v) is 8.58. The van der Waals surface area contributed by atoms with E-state index in [4.69, 9.17) is 0 Å². The summed E-state index contributed by atoms with van der Waals surface area (Å²) in [5.74, 6) is 0.314. The molecule has 1 aromatic carbocycles. The Morgan fingerprint density at radius 3 is 1.73 bits per heavy atom. The van der Waals surface area contributed by atoms with Crippen molar-refractivity contribution in [1.29, 1.82) is 0 Å². The van der Waals surface area contributed by atoms with Crippen molar-refractivity contribution in [3.8, 4) is 0 Å². The minimum Gasteiger partial charge on any atom is -0.208 e. The van der Waals surface area contributed by atoms with Gasteiger partial charge < -0.3 is 0 Å². The maximum Gasteiger partial charge on any atom is 0.240 e. The van der Waals surface area contributed by atoms with Gasteiger partial charge in [0.15, 0.2) is 0 Å². The van der Waals surface area contributed by atoms with E-state index in [1.807, 2.05) is 0 Å². The molecule has 2 fully saturated rings. The van der Waals surface area contributed by atoms with Crippen molar-refractivity contribution in [3.63, 3.8) is 0 Å².